The van der Waals surface area contributed by atoms with Crippen LogP contribution in [0.1, 0.15) is 19.4 Å². The van der Waals surface area contributed by atoms with E-state index in [2.05, 4.69) is 24.1 Å². The summed E-state index contributed by atoms with van der Waals surface area (Å²) in [4.78, 5) is 17.0. The predicted octanol–water partition coefficient (Wildman–Crippen LogP) is 4.01. The highest BCUT2D eigenvalue weighted by Crippen LogP contribution is 2.19. The molecule has 0 aromatic heterocycles. The van der Waals surface area contributed by atoms with Gasteiger partial charge in [-0.1, -0.05) is 23.7 Å². The van der Waals surface area contributed by atoms with Crippen molar-refractivity contribution in [2.75, 3.05) is 25.0 Å². The Hall–Kier alpha value is -2.11. The van der Waals surface area contributed by atoms with Crippen molar-refractivity contribution >= 4 is 23.2 Å². The molecule has 1 aliphatic rings. The van der Waals surface area contributed by atoms with E-state index >= 15 is 0 Å². The Morgan fingerprint density at radius 1 is 1.07 bits per heavy atom. The van der Waals surface area contributed by atoms with Gasteiger partial charge in [-0.25, -0.2) is 4.39 Å². The summed E-state index contributed by atoms with van der Waals surface area (Å²) >= 11 is 5.88. The van der Waals surface area contributed by atoms with Crippen LogP contribution in [-0.2, 0) is 11.3 Å². The molecule has 4 nitrogen and oxygen atoms in total. The Balaban J connectivity index is 1.54. The first-order chi connectivity index (χ1) is 12.9. The maximum atomic E-state index is 13.1. The number of amides is 1. The fourth-order valence-electron chi connectivity index (χ4n) is 3.44. The second-order valence-electron chi connectivity index (χ2n) is 7.16. The molecule has 1 aliphatic heterocycles. The third kappa shape index (κ3) is 5.21. The summed E-state index contributed by atoms with van der Waals surface area (Å²) in [7, 11) is 0. The lowest BCUT2D eigenvalue weighted by Gasteiger charge is -2.44. The van der Waals surface area contributed by atoms with Crippen LogP contribution in [0.2, 0.25) is 5.02 Å². The van der Waals surface area contributed by atoms with Crippen molar-refractivity contribution in [3.8, 4) is 0 Å². The summed E-state index contributed by atoms with van der Waals surface area (Å²) in [6, 6.07) is 14.3. The number of nitrogens with zero attached hydrogens (tertiary/aromatic N) is 2. The van der Waals surface area contributed by atoms with Gasteiger partial charge < -0.3 is 10.2 Å². The Labute approximate surface area is 164 Å². The Bertz CT molecular complexity index is 766. The molecule has 6 heteroatoms. The number of carbonyl (C=O) groups excluding carboxylic acids is 1. The topological polar surface area (TPSA) is 35.6 Å². The number of nitrogens with one attached hydrogen (secondary N) is 1. The summed E-state index contributed by atoms with van der Waals surface area (Å²) in [5, 5.41) is 3.83. The van der Waals surface area contributed by atoms with Gasteiger partial charge in [-0.2, -0.15) is 0 Å². The molecule has 144 valence electrons. The van der Waals surface area contributed by atoms with Gasteiger partial charge >= 0.3 is 0 Å². The SMILES string of the molecule is C[C@@H]1CN(Cc2ccc(F)cc2)[C@@H](C)CN1C(=O)CNc1ccc(Cl)cc1. The van der Waals surface area contributed by atoms with E-state index in [1.807, 2.05) is 29.2 Å². The van der Waals surface area contributed by atoms with Gasteiger partial charge in [0.15, 0.2) is 0 Å². The van der Waals surface area contributed by atoms with Gasteiger partial charge in [0.05, 0.1) is 6.54 Å². The van der Waals surface area contributed by atoms with Crippen molar-refractivity contribution in [3.05, 3.63) is 64.9 Å². The number of hydrogen-bond acceptors (Lipinski definition) is 3. The van der Waals surface area contributed by atoms with E-state index < -0.39 is 0 Å². The molecule has 2 aromatic rings. The minimum Gasteiger partial charge on any atom is -0.376 e. The Morgan fingerprint density at radius 3 is 2.41 bits per heavy atom. The Morgan fingerprint density at radius 2 is 1.74 bits per heavy atom. The molecule has 1 N–H and O–H groups in total. The first-order valence-electron chi connectivity index (χ1n) is 9.20. The number of piperazine rings is 1. The van der Waals surface area contributed by atoms with Crippen LogP contribution in [0.15, 0.2) is 48.5 Å². The molecule has 0 aliphatic carbocycles. The number of hydrogen-bond donors (Lipinski definition) is 1. The third-order valence-electron chi connectivity index (χ3n) is 5.02. The van der Waals surface area contributed by atoms with E-state index in [4.69, 9.17) is 11.6 Å². The molecule has 0 spiro atoms. The molecular weight excluding hydrogens is 365 g/mol. The standard InChI is InChI=1S/C21H25ClFN3O/c1-15-13-26(21(27)11-24-20-9-5-18(22)6-10-20)16(2)12-25(15)14-17-3-7-19(23)8-4-17/h3-10,15-16,24H,11-14H2,1-2H3/t15-,16+/m0/s1. The summed E-state index contributed by atoms with van der Waals surface area (Å²) in [5.74, 6) is -0.130. The van der Waals surface area contributed by atoms with Crippen LogP contribution in [0.4, 0.5) is 10.1 Å². The number of carbonyl (C=O) groups is 1. The maximum absolute atomic E-state index is 13.1. The average molecular weight is 390 g/mol. The largest absolute Gasteiger partial charge is 0.376 e. The molecule has 1 heterocycles. The van der Waals surface area contributed by atoms with Gasteiger partial charge in [0, 0.05) is 42.4 Å². The van der Waals surface area contributed by atoms with Crippen LogP contribution in [0.5, 0.6) is 0 Å². The summed E-state index contributed by atoms with van der Waals surface area (Å²) in [6.07, 6.45) is 0. The Kier molecular flexibility index (Phi) is 6.34. The second kappa shape index (κ2) is 8.72. The first-order valence-corrected chi connectivity index (χ1v) is 9.57. The van der Waals surface area contributed by atoms with Crippen LogP contribution >= 0.6 is 11.6 Å². The number of halogens is 2. The first kappa shape index (κ1) is 19.6. The quantitative estimate of drug-likeness (QED) is 0.839. The highest BCUT2D eigenvalue weighted by molar-refractivity contribution is 6.30. The smallest absolute Gasteiger partial charge is 0.242 e. The van der Waals surface area contributed by atoms with Crippen molar-refractivity contribution in [3.63, 3.8) is 0 Å². The summed E-state index contributed by atoms with van der Waals surface area (Å²) < 4.78 is 13.1. The summed E-state index contributed by atoms with van der Waals surface area (Å²) in [6.45, 7) is 6.70. The van der Waals surface area contributed by atoms with Crippen molar-refractivity contribution in [1.82, 2.24) is 9.80 Å². The van der Waals surface area contributed by atoms with Crippen molar-refractivity contribution in [1.29, 1.82) is 0 Å². The van der Waals surface area contributed by atoms with Crippen LogP contribution < -0.4 is 5.32 Å². The zero-order chi connectivity index (χ0) is 19.4. The number of rotatable bonds is 5. The average Bonchev–Trinajstić information content (AvgIpc) is 2.65. The molecule has 2 atom stereocenters. The minimum atomic E-state index is -0.219. The van der Waals surface area contributed by atoms with E-state index in [9.17, 15) is 9.18 Å². The monoisotopic (exact) mass is 389 g/mol. The summed E-state index contributed by atoms with van der Waals surface area (Å²) in [5.41, 5.74) is 1.96. The van der Waals surface area contributed by atoms with Gasteiger partial charge in [-0.05, 0) is 55.8 Å². The molecular formula is C21H25ClFN3O. The molecule has 1 fully saturated rings. The van der Waals surface area contributed by atoms with E-state index in [1.54, 1.807) is 12.1 Å². The van der Waals surface area contributed by atoms with Gasteiger partial charge in [0.25, 0.3) is 0 Å². The molecule has 1 amide bonds. The molecule has 27 heavy (non-hydrogen) atoms. The maximum Gasteiger partial charge on any atom is 0.242 e. The second-order valence-corrected chi connectivity index (χ2v) is 7.60. The van der Waals surface area contributed by atoms with Crippen molar-refractivity contribution < 1.29 is 9.18 Å². The normalized spacial score (nSPS) is 20.5. The zero-order valence-corrected chi connectivity index (χ0v) is 16.4. The zero-order valence-electron chi connectivity index (χ0n) is 15.7. The van der Waals surface area contributed by atoms with E-state index in [-0.39, 0.29) is 30.4 Å². The van der Waals surface area contributed by atoms with Gasteiger partial charge in [0.1, 0.15) is 5.82 Å². The van der Waals surface area contributed by atoms with Crippen molar-refractivity contribution in [2.24, 2.45) is 0 Å². The van der Waals surface area contributed by atoms with Gasteiger partial charge in [-0.15, -0.1) is 0 Å². The van der Waals surface area contributed by atoms with E-state index in [0.29, 0.717) is 11.6 Å². The predicted molar refractivity (Wildman–Crippen MR) is 107 cm³/mol. The molecule has 0 unspecified atom stereocenters. The minimum absolute atomic E-state index is 0.0886. The molecule has 0 saturated carbocycles. The van der Waals surface area contributed by atoms with Crippen molar-refractivity contribution in [2.45, 2.75) is 32.5 Å². The highest BCUT2D eigenvalue weighted by Gasteiger charge is 2.31. The fraction of sp³-hybridized carbons (Fsp3) is 0.381. The number of benzene rings is 2. The fourth-order valence-corrected chi connectivity index (χ4v) is 3.56. The lowest BCUT2D eigenvalue weighted by atomic mass is 10.1. The van der Waals surface area contributed by atoms with E-state index in [0.717, 1.165) is 24.3 Å². The molecule has 1 saturated heterocycles. The van der Waals surface area contributed by atoms with E-state index in [1.165, 1.54) is 12.1 Å². The van der Waals surface area contributed by atoms with Crippen LogP contribution in [0, 0.1) is 5.82 Å². The molecule has 0 radical (unpaired) electrons. The molecule has 3 rings (SSSR count). The van der Waals surface area contributed by atoms with Crippen LogP contribution in [0.3, 0.4) is 0 Å². The third-order valence-corrected chi connectivity index (χ3v) is 5.27. The van der Waals surface area contributed by atoms with Gasteiger partial charge in [0.2, 0.25) is 5.91 Å². The van der Waals surface area contributed by atoms with Crippen LogP contribution in [-0.4, -0.2) is 47.4 Å². The van der Waals surface area contributed by atoms with Crippen LogP contribution in [0.25, 0.3) is 0 Å². The lowest BCUT2D eigenvalue weighted by molar-refractivity contribution is -0.135. The van der Waals surface area contributed by atoms with Gasteiger partial charge in [-0.3, -0.25) is 9.69 Å². The lowest BCUT2D eigenvalue weighted by Crippen LogP contribution is -2.58. The molecule has 2 aromatic carbocycles. The highest BCUT2D eigenvalue weighted by atomic mass is 35.5. The number of anilines is 1. The molecule has 0 bridgehead atoms.